The average Bonchev–Trinajstić information content (AvgIpc) is 3.19. The zero-order valence-corrected chi connectivity index (χ0v) is 21.8. The Morgan fingerprint density at radius 1 is 1.14 bits per heavy atom. The molecule has 0 saturated carbocycles. The number of carboxylic acids is 1. The number of halogens is 3. The third-order valence-corrected chi connectivity index (χ3v) is 7.34. The van der Waals surface area contributed by atoms with E-state index in [4.69, 9.17) is 14.8 Å². The molecule has 1 aliphatic carbocycles. The van der Waals surface area contributed by atoms with Crippen LogP contribution in [0.15, 0.2) is 59.4 Å². The van der Waals surface area contributed by atoms with Crippen molar-refractivity contribution in [2.45, 2.75) is 78.0 Å². The number of nitrogens with zero attached hydrogens (tertiary/aromatic N) is 1. The van der Waals surface area contributed by atoms with Gasteiger partial charge < -0.3 is 9.84 Å². The van der Waals surface area contributed by atoms with E-state index in [1.165, 1.54) is 34.6 Å². The second-order valence-corrected chi connectivity index (χ2v) is 10.3. The van der Waals surface area contributed by atoms with Crippen molar-refractivity contribution in [1.82, 2.24) is 4.98 Å². The number of hydrogen-bond donors (Lipinski definition) is 1. The normalized spacial score (nSPS) is 15.2. The first-order valence-electron chi connectivity index (χ1n) is 12.1. The van der Waals surface area contributed by atoms with Crippen molar-refractivity contribution in [3.63, 3.8) is 0 Å². The molecule has 1 N–H and O–H groups in total. The van der Waals surface area contributed by atoms with Gasteiger partial charge in [0.05, 0.1) is 16.1 Å². The molecule has 194 valence electrons. The molecular weight excluding hydrogens is 487 g/mol. The van der Waals surface area contributed by atoms with Crippen LogP contribution < -0.4 is 0 Å². The van der Waals surface area contributed by atoms with Gasteiger partial charge in [0.15, 0.2) is 0 Å². The summed E-state index contributed by atoms with van der Waals surface area (Å²) < 4.78 is 45.1. The molecule has 1 atom stereocenters. The number of allylic oxidation sites excluding steroid dienone is 5. The van der Waals surface area contributed by atoms with Crippen LogP contribution in [0, 0.1) is 0 Å². The lowest BCUT2D eigenvalue weighted by atomic mass is 10.0. The van der Waals surface area contributed by atoms with Crippen molar-refractivity contribution in [2.75, 3.05) is 0 Å². The number of benzene rings is 1. The quantitative estimate of drug-likeness (QED) is 0.319. The number of aromatic nitrogens is 1. The fraction of sp³-hybridized carbons (Fsp3) is 0.429. The van der Waals surface area contributed by atoms with Gasteiger partial charge >= 0.3 is 12.1 Å². The van der Waals surface area contributed by atoms with E-state index < -0.39 is 17.7 Å². The Morgan fingerprint density at radius 2 is 1.83 bits per heavy atom. The number of ether oxygens (including phenoxy) is 1. The molecule has 0 amide bonds. The van der Waals surface area contributed by atoms with Gasteiger partial charge in [0.25, 0.3) is 0 Å². The summed E-state index contributed by atoms with van der Waals surface area (Å²) in [6.45, 7) is 8.12. The second-order valence-electron chi connectivity index (χ2n) is 9.31. The number of rotatable bonds is 10. The monoisotopic (exact) mass is 519 g/mol. The van der Waals surface area contributed by atoms with Crippen molar-refractivity contribution in [3.8, 4) is 10.6 Å². The molecule has 0 fully saturated rings. The Kier molecular flexibility index (Phi) is 9.17. The van der Waals surface area contributed by atoms with Gasteiger partial charge in [0.2, 0.25) is 0 Å². The fourth-order valence-electron chi connectivity index (χ4n) is 3.99. The number of hydrogen-bond acceptors (Lipinski definition) is 4. The topological polar surface area (TPSA) is 59.4 Å². The zero-order valence-electron chi connectivity index (χ0n) is 21.0. The Hall–Kier alpha value is -2.87. The highest BCUT2D eigenvalue weighted by Gasteiger charge is 2.30. The van der Waals surface area contributed by atoms with Crippen LogP contribution in [0.25, 0.3) is 10.6 Å². The minimum Gasteiger partial charge on any atom is -0.485 e. The maximum Gasteiger partial charge on any atom is 0.416 e. The molecule has 1 unspecified atom stereocenters. The highest BCUT2D eigenvalue weighted by molar-refractivity contribution is 7.15. The smallest absolute Gasteiger partial charge is 0.416 e. The number of thiazole rings is 1. The Morgan fingerprint density at radius 3 is 2.44 bits per heavy atom. The van der Waals surface area contributed by atoms with Crippen LogP contribution >= 0.6 is 11.3 Å². The van der Waals surface area contributed by atoms with E-state index in [0.717, 1.165) is 47.7 Å². The summed E-state index contributed by atoms with van der Waals surface area (Å²) in [6, 6.07) is 5.09. The van der Waals surface area contributed by atoms with Crippen molar-refractivity contribution < 1.29 is 27.8 Å². The number of unbranched alkanes of at least 4 members (excludes halogenated alkanes) is 1. The van der Waals surface area contributed by atoms with Crippen LogP contribution in [-0.2, 0) is 15.7 Å². The van der Waals surface area contributed by atoms with Crippen molar-refractivity contribution in [2.24, 2.45) is 0 Å². The molecule has 1 aromatic carbocycles. The Balaban J connectivity index is 1.73. The van der Waals surface area contributed by atoms with Crippen LogP contribution in [0.2, 0.25) is 0 Å². The van der Waals surface area contributed by atoms with Gasteiger partial charge in [0.1, 0.15) is 16.9 Å². The molecule has 0 saturated heterocycles. The second kappa shape index (κ2) is 11.9. The average molecular weight is 520 g/mol. The molecule has 2 aromatic rings. The first-order valence-corrected chi connectivity index (χ1v) is 12.9. The van der Waals surface area contributed by atoms with Gasteiger partial charge in [-0.25, -0.2) is 4.98 Å². The summed E-state index contributed by atoms with van der Waals surface area (Å²) in [5.74, 6) is 0.112. The molecular formula is C28H32F3NO3S. The molecule has 36 heavy (non-hydrogen) atoms. The molecule has 0 spiro atoms. The SMILES string of the molecule is CC1=C(CCCCC(=O)O)C=CC(OC(C)c2sc(-c3ccc(C(F)(F)F)cc3)nc2C(C)C)=CC1. The van der Waals surface area contributed by atoms with Gasteiger partial charge in [-0.2, -0.15) is 13.2 Å². The lowest BCUT2D eigenvalue weighted by molar-refractivity contribution is -0.138. The maximum absolute atomic E-state index is 12.9. The molecule has 4 nitrogen and oxygen atoms in total. The van der Waals surface area contributed by atoms with Crippen molar-refractivity contribution >= 4 is 17.3 Å². The van der Waals surface area contributed by atoms with Gasteiger partial charge in [-0.05, 0) is 75.3 Å². The van der Waals surface area contributed by atoms with Gasteiger partial charge in [-0.15, -0.1) is 11.3 Å². The fourth-order valence-corrected chi connectivity index (χ4v) is 5.19. The number of carbonyl (C=O) groups is 1. The van der Waals surface area contributed by atoms with Gasteiger partial charge in [-0.1, -0.05) is 37.6 Å². The standard InChI is InChI=1S/C28H32F3NO3S/c1-17(2)25-26(36-27(32-25)21-10-13-22(14-11-21)28(29,30)31)19(4)35-23-15-9-18(3)20(12-16-23)7-5-6-8-24(33)34/h10-17,19H,5-9H2,1-4H3,(H,33,34). The molecule has 0 radical (unpaired) electrons. The van der Waals surface area contributed by atoms with Crippen LogP contribution in [0.4, 0.5) is 13.2 Å². The van der Waals surface area contributed by atoms with Crippen LogP contribution in [0.3, 0.4) is 0 Å². The molecule has 1 aromatic heterocycles. The third kappa shape index (κ3) is 7.32. The van der Waals surface area contributed by atoms with Gasteiger partial charge in [0, 0.05) is 12.0 Å². The van der Waals surface area contributed by atoms with Crippen LogP contribution in [-0.4, -0.2) is 16.1 Å². The summed E-state index contributed by atoms with van der Waals surface area (Å²) >= 11 is 1.45. The number of alkyl halides is 3. The molecule has 0 bridgehead atoms. The van der Waals surface area contributed by atoms with E-state index >= 15 is 0 Å². The summed E-state index contributed by atoms with van der Waals surface area (Å²) in [4.78, 5) is 16.4. The lowest BCUT2D eigenvalue weighted by Gasteiger charge is -2.16. The Bertz CT molecular complexity index is 1160. The first-order chi connectivity index (χ1) is 17.0. The predicted octanol–water partition coefficient (Wildman–Crippen LogP) is 8.84. The van der Waals surface area contributed by atoms with E-state index in [2.05, 4.69) is 6.92 Å². The third-order valence-electron chi connectivity index (χ3n) is 6.06. The highest BCUT2D eigenvalue weighted by atomic mass is 32.1. The Labute approximate surface area is 214 Å². The minimum atomic E-state index is -4.37. The molecule has 1 aliphatic rings. The summed E-state index contributed by atoms with van der Waals surface area (Å²) in [5.41, 5.74) is 3.29. The number of aliphatic carboxylic acids is 1. The summed E-state index contributed by atoms with van der Waals surface area (Å²) in [5, 5.41) is 9.50. The highest BCUT2D eigenvalue weighted by Crippen LogP contribution is 2.39. The van der Waals surface area contributed by atoms with Gasteiger partial charge in [-0.3, -0.25) is 4.79 Å². The molecule has 1 heterocycles. The van der Waals surface area contributed by atoms with E-state index in [1.54, 1.807) is 0 Å². The molecule has 8 heteroatoms. The van der Waals surface area contributed by atoms with E-state index in [9.17, 15) is 18.0 Å². The van der Waals surface area contributed by atoms with E-state index in [-0.39, 0.29) is 18.4 Å². The summed E-state index contributed by atoms with van der Waals surface area (Å²) in [7, 11) is 0. The zero-order chi connectivity index (χ0) is 26.5. The predicted molar refractivity (Wildman–Crippen MR) is 137 cm³/mol. The largest absolute Gasteiger partial charge is 0.485 e. The van der Waals surface area contributed by atoms with Crippen molar-refractivity contribution in [3.05, 3.63) is 75.5 Å². The van der Waals surface area contributed by atoms with Crippen LogP contribution in [0.1, 0.15) is 88.0 Å². The number of carboxylic acid groups (broad SMARTS) is 1. The summed E-state index contributed by atoms with van der Waals surface area (Å²) in [6.07, 6.45) is 4.62. The van der Waals surface area contributed by atoms with Crippen molar-refractivity contribution in [1.29, 1.82) is 0 Å². The molecule has 3 rings (SSSR count). The van der Waals surface area contributed by atoms with E-state index in [0.29, 0.717) is 17.0 Å². The van der Waals surface area contributed by atoms with E-state index in [1.807, 2.05) is 39.0 Å². The lowest BCUT2D eigenvalue weighted by Crippen LogP contribution is -2.03. The first kappa shape index (κ1) is 27.7. The minimum absolute atomic E-state index is 0.130. The molecule has 0 aliphatic heterocycles. The van der Waals surface area contributed by atoms with Crippen LogP contribution in [0.5, 0.6) is 0 Å². The maximum atomic E-state index is 12.9.